The van der Waals surface area contributed by atoms with Crippen molar-refractivity contribution in [3.8, 4) is 0 Å². The summed E-state index contributed by atoms with van der Waals surface area (Å²) in [6, 6.07) is 9.50. The number of hydrogen-bond donors (Lipinski definition) is 1. The van der Waals surface area contributed by atoms with Crippen molar-refractivity contribution >= 4 is 11.6 Å². The Labute approximate surface area is 204 Å². The zero-order chi connectivity index (χ0) is 23.3. The molecule has 1 aliphatic carbocycles. The molecule has 5 rings (SSSR count). The third-order valence-electron chi connectivity index (χ3n) is 7.88. The summed E-state index contributed by atoms with van der Waals surface area (Å²) >= 11 is 0. The number of piperidine rings is 2. The second kappa shape index (κ2) is 10.9. The average Bonchev–Trinajstić information content (AvgIpc) is 3.26. The molecule has 1 aromatic heterocycles. The lowest BCUT2D eigenvalue weighted by atomic mass is 9.90. The van der Waals surface area contributed by atoms with Gasteiger partial charge >= 0.3 is 0 Å². The second-order valence-electron chi connectivity index (χ2n) is 10.4. The van der Waals surface area contributed by atoms with Crippen LogP contribution in [-0.2, 0) is 25.9 Å². The molecular weight excluding hydrogens is 422 g/mol. The van der Waals surface area contributed by atoms with Crippen LogP contribution in [0.15, 0.2) is 24.3 Å². The van der Waals surface area contributed by atoms with E-state index in [0.29, 0.717) is 6.04 Å². The number of benzene rings is 1. The van der Waals surface area contributed by atoms with E-state index in [-0.39, 0.29) is 5.91 Å². The SMILES string of the molecule is CCCn1nc(C(=O)N2CCCCC2)c2c1CCC(NCc1ccc(N3CCCCC3)cc1)C2. The molecule has 6 heteroatoms. The Balaban J connectivity index is 1.24. The van der Waals surface area contributed by atoms with Gasteiger partial charge in [0.2, 0.25) is 0 Å². The van der Waals surface area contributed by atoms with Crippen LogP contribution in [0.5, 0.6) is 0 Å². The highest BCUT2D eigenvalue weighted by molar-refractivity contribution is 5.94. The fraction of sp³-hybridized carbons (Fsp3) is 0.643. The molecule has 0 spiro atoms. The molecule has 6 nitrogen and oxygen atoms in total. The summed E-state index contributed by atoms with van der Waals surface area (Å²) in [5.74, 6) is 0.153. The number of aromatic nitrogens is 2. The molecule has 0 saturated carbocycles. The van der Waals surface area contributed by atoms with Crippen LogP contribution in [0, 0.1) is 0 Å². The zero-order valence-corrected chi connectivity index (χ0v) is 20.9. The molecule has 34 heavy (non-hydrogen) atoms. The van der Waals surface area contributed by atoms with E-state index in [1.165, 1.54) is 61.3 Å². The van der Waals surface area contributed by atoms with Gasteiger partial charge in [-0.15, -0.1) is 0 Å². The minimum atomic E-state index is 0.153. The van der Waals surface area contributed by atoms with Crippen LogP contribution >= 0.6 is 0 Å². The molecule has 1 amide bonds. The number of carbonyl (C=O) groups is 1. The highest BCUT2D eigenvalue weighted by Crippen LogP contribution is 2.27. The molecule has 2 saturated heterocycles. The largest absolute Gasteiger partial charge is 0.372 e. The van der Waals surface area contributed by atoms with Crippen LogP contribution in [0.1, 0.15) is 85.6 Å². The maximum Gasteiger partial charge on any atom is 0.274 e. The molecule has 0 radical (unpaired) electrons. The minimum absolute atomic E-state index is 0.153. The smallest absolute Gasteiger partial charge is 0.274 e. The number of carbonyl (C=O) groups excluding carboxylic acids is 1. The van der Waals surface area contributed by atoms with Crippen molar-refractivity contribution in [1.82, 2.24) is 20.0 Å². The van der Waals surface area contributed by atoms with Crippen LogP contribution in [0.25, 0.3) is 0 Å². The number of nitrogens with zero attached hydrogens (tertiary/aromatic N) is 4. The summed E-state index contributed by atoms with van der Waals surface area (Å²) in [5, 5.41) is 8.65. The molecule has 0 bridgehead atoms. The highest BCUT2D eigenvalue weighted by Gasteiger charge is 2.31. The number of amides is 1. The summed E-state index contributed by atoms with van der Waals surface area (Å²) in [5.41, 5.74) is 5.91. The molecular formula is C28H41N5O. The molecule has 3 aliphatic rings. The van der Waals surface area contributed by atoms with E-state index in [9.17, 15) is 4.79 Å². The van der Waals surface area contributed by atoms with E-state index in [0.717, 1.165) is 70.4 Å². The third kappa shape index (κ3) is 5.17. The van der Waals surface area contributed by atoms with Gasteiger partial charge in [0.05, 0.1) is 0 Å². The van der Waals surface area contributed by atoms with Crippen LogP contribution in [0.2, 0.25) is 0 Å². The van der Waals surface area contributed by atoms with Gasteiger partial charge in [-0.1, -0.05) is 19.1 Å². The third-order valence-corrected chi connectivity index (χ3v) is 7.88. The topological polar surface area (TPSA) is 53.4 Å². The van der Waals surface area contributed by atoms with Gasteiger partial charge in [0.1, 0.15) is 0 Å². The maximum atomic E-state index is 13.4. The summed E-state index contributed by atoms with van der Waals surface area (Å²) in [6.45, 7) is 8.09. The second-order valence-corrected chi connectivity index (χ2v) is 10.4. The quantitative estimate of drug-likeness (QED) is 0.654. The van der Waals surface area contributed by atoms with Gasteiger partial charge in [-0.3, -0.25) is 9.48 Å². The first-order chi connectivity index (χ1) is 16.7. The van der Waals surface area contributed by atoms with Gasteiger partial charge in [-0.2, -0.15) is 5.10 Å². The predicted octanol–water partition coefficient (Wildman–Crippen LogP) is 4.56. The predicted molar refractivity (Wildman–Crippen MR) is 137 cm³/mol. The average molecular weight is 464 g/mol. The Morgan fingerprint density at radius 3 is 2.41 bits per heavy atom. The van der Waals surface area contributed by atoms with Crippen molar-refractivity contribution in [1.29, 1.82) is 0 Å². The van der Waals surface area contributed by atoms with Crippen LogP contribution < -0.4 is 10.2 Å². The van der Waals surface area contributed by atoms with Crippen LogP contribution in [0.4, 0.5) is 5.69 Å². The van der Waals surface area contributed by atoms with Crippen molar-refractivity contribution in [3.05, 3.63) is 46.8 Å². The first-order valence-corrected chi connectivity index (χ1v) is 13.7. The normalized spacial score (nSPS) is 20.9. The number of fused-ring (bicyclic) bond motifs is 1. The van der Waals surface area contributed by atoms with E-state index in [1.54, 1.807) is 0 Å². The Morgan fingerprint density at radius 1 is 1.00 bits per heavy atom. The van der Waals surface area contributed by atoms with E-state index in [4.69, 9.17) is 5.10 Å². The van der Waals surface area contributed by atoms with Crippen molar-refractivity contribution in [3.63, 3.8) is 0 Å². The van der Waals surface area contributed by atoms with Crippen molar-refractivity contribution in [2.45, 2.75) is 90.3 Å². The first kappa shape index (κ1) is 23.4. The van der Waals surface area contributed by atoms with Crippen molar-refractivity contribution in [2.75, 3.05) is 31.1 Å². The molecule has 184 valence electrons. The van der Waals surface area contributed by atoms with E-state index in [2.05, 4.69) is 46.1 Å². The lowest BCUT2D eigenvalue weighted by molar-refractivity contribution is 0.0716. The molecule has 3 heterocycles. The summed E-state index contributed by atoms with van der Waals surface area (Å²) < 4.78 is 2.13. The first-order valence-electron chi connectivity index (χ1n) is 13.7. The van der Waals surface area contributed by atoms with Gasteiger partial charge < -0.3 is 15.1 Å². The number of likely N-dealkylation sites (tertiary alicyclic amines) is 1. The van der Waals surface area contributed by atoms with E-state index >= 15 is 0 Å². The number of rotatable bonds is 7. The maximum absolute atomic E-state index is 13.4. The molecule has 1 atom stereocenters. The van der Waals surface area contributed by atoms with Gasteiger partial charge in [0, 0.05) is 62.3 Å². The minimum Gasteiger partial charge on any atom is -0.372 e. The number of aryl methyl sites for hydroxylation is 1. The lowest BCUT2D eigenvalue weighted by Crippen LogP contribution is -2.38. The molecule has 2 aliphatic heterocycles. The fourth-order valence-electron chi connectivity index (χ4n) is 5.92. The lowest BCUT2D eigenvalue weighted by Gasteiger charge is -2.29. The monoisotopic (exact) mass is 463 g/mol. The van der Waals surface area contributed by atoms with Gasteiger partial charge in [0.15, 0.2) is 5.69 Å². The zero-order valence-electron chi connectivity index (χ0n) is 20.9. The number of nitrogens with one attached hydrogen (secondary N) is 1. The molecule has 2 aromatic rings. The van der Waals surface area contributed by atoms with E-state index < -0.39 is 0 Å². The molecule has 2 fully saturated rings. The van der Waals surface area contributed by atoms with Crippen LogP contribution in [-0.4, -0.2) is 52.8 Å². The summed E-state index contributed by atoms with van der Waals surface area (Å²) in [6.07, 6.45) is 11.5. The number of anilines is 1. The fourth-order valence-corrected chi connectivity index (χ4v) is 5.92. The molecule has 1 N–H and O–H groups in total. The summed E-state index contributed by atoms with van der Waals surface area (Å²) in [7, 11) is 0. The highest BCUT2D eigenvalue weighted by atomic mass is 16.2. The van der Waals surface area contributed by atoms with Crippen LogP contribution in [0.3, 0.4) is 0 Å². The number of hydrogen-bond acceptors (Lipinski definition) is 4. The summed E-state index contributed by atoms with van der Waals surface area (Å²) in [4.78, 5) is 17.9. The standard InChI is InChI=1S/C28H41N5O/c1-2-15-33-26-14-11-23(20-25(26)27(30-33)28(34)32-18-7-4-8-19-32)29-21-22-9-12-24(13-10-22)31-16-5-3-6-17-31/h9-10,12-13,23,29H,2-8,11,14-21H2,1H3. The van der Waals surface area contributed by atoms with Gasteiger partial charge in [0.25, 0.3) is 5.91 Å². The molecule has 1 unspecified atom stereocenters. The van der Waals surface area contributed by atoms with E-state index in [1.807, 2.05) is 4.90 Å². The Morgan fingerprint density at radius 2 is 1.71 bits per heavy atom. The molecule has 1 aromatic carbocycles. The van der Waals surface area contributed by atoms with Gasteiger partial charge in [-0.25, -0.2) is 0 Å². The van der Waals surface area contributed by atoms with Crippen molar-refractivity contribution < 1.29 is 4.79 Å². The van der Waals surface area contributed by atoms with Crippen molar-refractivity contribution in [2.24, 2.45) is 0 Å². The Hall–Kier alpha value is -2.34. The Bertz CT molecular complexity index is 954. The Kier molecular flexibility index (Phi) is 7.53. The van der Waals surface area contributed by atoms with Gasteiger partial charge in [-0.05, 0) is 81.9 Å².